The second-order valence-corrected chi connectivity index (χ2v) is 23.9. The van der Waals surface area contributed by atoms with Crippen LogP contribution in [0.4, 0.5) is 39.8 Å². The van der Waals surface area contributed by atoms with Gasteiger partial charge in [0.2, 0.25) is 0 Å². The van der Waals surface area contributed by atoms with E-state index in [2.05, 4.69) is 323 Å². The standard InChI is InChI=1S/C84H76N4/c1-7-21-63(22-8-1)71-25-19-35-83(61-71)87(75-31-15-5-16-32-75)81-57-45-69(46-58-81)67-41-53-79(54-42-67)85(73-27-11-3-12-28-73)77-49-37-65(38-50-77)66-39-51-78(52-40-66)86(74-29-13-4-14-30-74)80-55-43-68(44-56-80)70-47-59-82(60-48-70)88(76-33-17-6-18-34-76)84-36-20-26-72(62-84)64-23-9-2-10-24-64/h1-5,7-9,11-17,21-23,27-34,36-45,47,49-57,59-62,70,83H,6,10,18-20,24-26,35,46,48,58H2. The first-order valence-electron chi connectivity index (χ1n) is 32.1. The molecule has 88 heavy (non-hydrogen) atoms. The molecule has 8 aromatic rings. The minimum atomic E-state index is 0.298. The van der Waals surface area contributed by atoms with Gasteiger partial charge in [0.15, 0.2) is 0 Å². The number of rotatable bonds is 17. The first kappa shape index (κ1) is 55.9. The smallest absolute Gasteiger partial charge is 0.0525 e. The van der Waals surface area contributed by atoms with E-state index in [4.69, 9.17) is 0 Å². The predicted molar refractivity (Wildman–Crippen MR) is 372 cm³/mol. The molecule has 6 aliphatic carbocycles. The molecule has 4 heteroatoms. The van der Waals surface area contributed by atoms with Crippen molar-refractivity contribution < 1.29 is 0 Å². The van der Waals surface area contributed by atoms with Crippen LogP contribution in [0.5, 0.6) is 0 Å². The first-order chi connectivity index (χ1) is 43.6. The zero-order valence-corrected chi connectivity index (χ0v) is 50.3. The van der Waals surface area contributed by atoms with E-state index in [-0.39, 0.29) is 0 Å². The Labute approximate surface area is 521 Å². The van der Waals surface area contributed by atoms with E-state index in [0.29, 0.717) is 12.0 Å². The van der Waals surface area contributed by atoms with Crippen LogP contribution in [0.15, 0.2) is 337 Å². The van der Waals surface area contributed by atoms with E-state index in [1.54, 1.807) is 0 Å². The molecule has 2 atom stereocenters. The minimum Gasteiger partial charge on any atom is -0.338 e. The molecule has 0 bridgehead atoms. The lowest BCUT2D eigenvalue weighted by molar-refractivity contribution is 0.552. The quantitative estimate of drug-likeness (QED) is 0.0901. The van der Waals surface area contributed by atoms with Crippen molar-refractivity contribution in [1.29, 1.82) is 0 Å². The summed E-state index contributed by atoms with van der Waals surface area (Å²) in [5.74, 6) is 0.298. The van der Waals surface area contributed by atoms with Gasteiger partial charge in [0.1, 0.15) is 0 Å². The average molecular weight is 1140 g/mol. The van der Waals surface area contributed by atoms with Crippen LogP contribution < -0.4 is 14.7 Å². The Kier molecular flexibility index (Phi) is 16.8. The molecule has 8 aromatic carbocycles. The van der Waals surface area contributed by atoms with Crippen molar-refractivity contribution in [1.82, 2.24) is 4.90 Å². The summed E-state index contributed by atoms with van der Waals surface area (Å²) in [5, 5.41) is 0. The van der Waals surface area contributed by atoms with Crippen molar-refractivity contribution in [2.24, 2.45) is 0 Å². The molecular formula is C84H76N4. The molecule has 0 N–H and O–H groups in total. The van der Waals surface area contributed by atoms with Crippen molar-refractivity contribution in [3.05, 3.63) is 354 Å². The van der Waals surface area contributed by atoms with E-state index in [9.17, 15) is 0 Å². The highest BCUT2D eigenvalue weighted by Gasteiger charge is 2.27. The fourth-order valence-electron chi connectivity index (χ4n) is 13.8. The lowest BCUT2D eigenvalue weighted by atomic mass is 9.88. The summed E-state index contributed by atoms with van der Waals surface area (Å²) >= 11 is 0. The SMILES string of the molecule is C1=CCCC(C2=CC(N(C3=CCCC=C3)C3=CCC(c4ccc(N(c5ccccc5)c5ccc(-c6ccc(N(c7ccccc7)c7ccc(C8=CC=C(N(c9ccccc9)C9C=C(c%10ccccc%10)CCC9)CC8)cc7)cc6)cc5)cc4)C=C3)=CCC2)=C1. The number of benzene rings is 8. The third kappa shape index (κ3) is 12.4. The average Bonchev–Trinajstić information content (AvgIpc) is 2.96. The zero-order valence-electron chi connectivity index (χ0n) is 50.3. The van der Waals surface area contributed by atoms with E-state index in [1.807, 2.05) is 0 Å². The van der Waals surface area contributed by atoms with Crippen LogP contribution in [0, 0.1) is 0 Å². The maximum Gasteiger partial charge on any atom is 0.0525 e. The molecule has 14 rings (SSSR count). The van der Waals surface area contributed by atoms with Gasteiger partial charge in [0.25, 0.3) is 0 Å². The molecule has 0 aliphatic heterocycles. The summed E-state index contributed by atoms with van der Waals surface area (Å²) < 4.78 is 0. The highest BCUT2D eigenvalue weighted by atomic mass is 15.2. The minimum absolute atomic E-state index is 0.298. The Morgan fingerprint density at radius 1 is 0.341 bits per heavy atom. The molecule has 432 valence electrons. The molecule has 0 amide bonds. The maximum absolute atomic E-state index is 2.61. The van der Waals surface area contributed by atoms with Crippen LogP contribution in [0.25, 0.3) is 22.3 Å². The van der Waals surface area contributed by atoms with Crippen LogP contribution in [0.3, 0.4) is 0 Å². The van der Waals surface area contributed by atoms with Crippen molar-refractivity contribution >= 4 is 51.0 Å². The van der Waals surface area contributed by atoms with E-state index in [0.717, 1.165) is 105 Å². The second kappa shape index (κ2) is 26.4. The van der Waals surface area contributed by atoms with Gasteiger partial charge in [0.05, 0.1) is 6.04 Å². The highest BCUT2D eigenvalue weighted by molar-refractivity contribution is 5.82. The third-order valence-electron chi connectivity index (χ3n) is 18.3. The van der Waals surface area contributed by atoms with E-state index in [1.165, 1.54) is 85.0 Å². The van der Waals surface area contributed by atoms with Gasteiger partial charge in [0, 0.05) is 68.5 Å². The van der Waals surface area contributed by atoms with Crippen molar-refractivity contribution in [2.75, 3.05) is 14.7 Å². The van der Waals surface area contributed by atoms with Crippen LogP contribution in [-0.4, -0.2) is 10.9 Å². The Morgan fingerprint density at radius 2 is 0.886 bits per heavy atom. The molecule has 0 spiro atoms. The number of hydrogen-bond acceptors (Lipinski definition) is 4. The van der Waals surface area contributed by atoms with Crippen LogP contribution in [-0.2, 0) is 0 Å². The topological polar surface area (TPSA) is 13.0 Å². The van der Waals surface area contributed by atoms with Gasteiger partial charge in [-0.3, -0.25) is 0 Å². The molecule has 0 aromatic heterocycles. The first-order valence-corrected chi connectivity index (χ1v) is 32.1. The van der Waals surface area contributed by atoms with Crippen LogP contribution in [0.2, 0.25) is 0 Å². The monoisotopic (exact) mass is 1140 g/mol. The van der Waals surface area contributed by atoms with E-state index >= 15 is 0 Å². The van der Waals surface area contributed by atoms with Crippen molar-refractivity contribution in [2.45, 2.75) is 89.0 Å². The summed E-state index contributed by atoms with van der Waals surface area (Å²) in [6, 6.07) is 80.3. The summed E-state index contributed by atoms with van der Waals surface area (Å²) in [4.78, 5) is 9.84. The molecule has 6 aliphatic rings. The fourth-order valence-corrected chi connectivity index (χ4v) is 13.8. The lowest BCUT2D eigenvalue weighted by Gasteiger charge is -2.37. The summed E-state index contributed by atoms with van der Waals surface area (Å²) in [6.45, 7) is 0. The van der Waals surface area contributed by atoms with Gasteiger partial charge >= 0.3 is 0 Å². The molecular weight excluding hydrogens is 1060 g/mol. The number of allylic oxidation sites excluding steroid dienone is 18. The molecule has 0 saturated heterocycles. The molecule has 0 fully saturated rings. The van der Waals surface area contributed by atoms with Gasteiger partial charge in [-0.25, -0.2) is 0 Å². The third-order valence-corrected chi connectivity index (χ3v) is 18.3. The molecule has 0 radical (unpaired) electrons. The summed E-state index contributed by atoms with van der Waals surface area (Å²) in [6.07, 6.45) is 46.3. The molecule has 2 unspecified atom stereocenters. The lowest BCUT2D eigenvalue weighted by Crippen LogP contribution is -2.35. The van der Waals surface area contributed by atoms with Crippen molar-refractivity contribution in [3.63, 3.8) is 0 Å². The molecule has 4 nitrogen and oxygen atoms in total. The number of hydrogen-bond donors (Lipinski definition) is 0. The van der Waals surface area contributed by atoms with E-state index < -0.39 is 0 Å². The molecule has 0 heterocycles. The Bertz CT molecular complexity index is 4100. The summed E-state index contributed by atoms with van der Waals surface area (Å²) in [7, 11) is 0. The molecule has 0 saturated carbocycles. The highest BCUT2D eigenvalue weighted by Crippen LogP contribution is 2.43. The Hall–Kier alpha value is -9.90. The van der Waals surface area contributed by atoms with Gasteiger partial charge in [-0.05, 0) is 236 Å². The number of anilines is 7. The second-order valence-electron chi connectivity index (χ2n) is 23.9. The Morgan fingerprint density at radius 3 is 1.44 bits per heavy atom. The van der Waals surface area contributed by atoms with Gasteiger partial charge in [-0.1, -0.05) is 194 Å². The van der Waals surface area contributed by atoms with Crippen LogP contribution >= 0.6 is 0 Å². The van der Waals surface area contributed by atoms with Gasteiger partial charge in [-0.15, -0.1) is 0 Å². The fraction of sp³-hybridized carbons (Fsp3) is 0.167. The van der Waals surface area contributed by atoms with Gasteiger partial charge in [-0.2, -0.15) is 0 Å². The van der Waals surface area contributed by atoms with Crippen LogP contribution in [0.1, 0.15) is 99.7 Å². The van der Waals surface area contributed by atoms with Gasteiger partial charge < -0.3 is 19.6 Å². The maximum atomic E-state index is 2.61. The number of para-hydroxylation sites is 3. The Balaban J connectivity index is 0.672. The summed E-state index contributed by atoms with van der Waals surface area (Å²) in [5.41, 5.74) is 25.3. The van der Waals surface area contributed by atoms with Crippen molar-refractivity contribution in [3.8, 4) is 11.1 Å². The normalized spacial score (nSPS) is 18.1. The largest absolute Gasteiger partial charge is 0.338 e. The number of nitrogens with zero attached hydrogens (tertiary/aromatic N) is 4. The predicted octanol–water partition coefficient (Wildman–Crippen LogP) is 22.8. The zero-order chi connectivity index (χ0) is 58.9.